The van der Waals surface area contributed by atoms with Gasteiger partial charge in [-0.1, -0.05) is 60.7 Å². The Morgan fingerprint density at radius 3 is 1.25 bits per heavy atom. The molecule has 0 bridgehead atoms. The van der Waals surface area contributed by atoms with Crippen molar-refractivity contribution in [2.45, 2.75) is 24.7 Å². The van der Waals surface area contributed by atoms with Crippen molar-refractivity contribution in [1.29, 1.82) is 0 Å². The third-order valence-electron chi connectivity index (χ3n) is 3.73. The fourth-order valence-corrected chi connectivity index (χ4v) is 2.70. The summed E-state index contributed by atoms with van der Waals surface area (Å²) < 4.78 is 0. The van der Waals surface area contributed by atoms with E-state index in [4.69, 9.17) is 0 Å². The summed E-state index contributed by atoms with van der Waals surface area (Å²) in [5, 5.41) is 0. The third-order valence-corrected chi connectivity index (χ3v) is 3.73. The highest BCUT2D eigenvalue weighted by Crippen LogP contribution is 2.48. The first-order chi connectivity index (χ1) is 7.95. The first-order valence-corrected chi connectivity index (χ1v) is 6.05. The van der Waals surface area contributed by atoms with Gasteiger partial charge < -0.3 is 0 Å². The zero-order valence-corrected chi connectivity index (χ0v) is 9.34. The molecule has 16 heavy (non-hydrogen) atoms. The van der Waals surface area contributed by atoms with E-state index in [1.54, 1.807) is 0 Å². The van der Waals surface area contributed by atoms with Crippen LogP contribution in [0.15, 0.2) is 60.7 Å². The second-order valence-electron chi connectivity index (χ2n) is 4.61. The number of hydrogen-bond donors (Lipinski definition) is 0. The van der Waals surface area contributed by atoms with Gasteiger partial charge in [0, 0.05) is 0 Å². The maximum atomic E-state index is 2.26. The number of hydrogen-bond acceptors (Lipinski definition) is 0. The molecular weight excluding hydrogens is 192 g/mol. The van der Waals surface area contributed by atoms with Gasteiger partial charge in [-0.15, -0.1) is 0 Å². The molecule has 0 spiro atoms. The Hall–Kier alpha value is -1.56. The number of benzene rings is 2. The molecule has 2 atom stereocenters. The van der Waals surface area contributed by atoms with E-state index in [0.29, 0.717) is 0 Å². The van der Waals surface area contributed by atoms with Gasteiger partial charge >= 0.3 is 0 Å². The van der Waals surface area contributed by atoms with Gasteiger partial charge in [0.2, 0.25) is 0 Å². The van der Waals surface area contributed by atoms with Crippen LogP contribution in [0.5, 0.6) is 0 Å². The molecule has 1 aliphatic carbocycles. The van der Waals surface area contributed by atoms with Crippen molar-refractivity contribution in [3.63, 3.8) is 0 Å². The van der Waals surface area contributed by atoms with Crippen molar-refractivity contribution < 1.29 is 0 Å². The minimum atomic E-state index is 0.739. The van der Waals surface area contributed by atoms with E-state index in [2.05, 4.69) is 60.7 Å². The maximum absolute atomic E-state index is 2.26. The second-order valence-corrected chi connectivity index (χ2v) is 4.61. The van der Waals surface area contributed by atoms with Gasteiger partial charge in [-0.25, -0.2) is 0 Å². The van der Waals surface area contributed by atoms with E-state index >= 15 is 0 Å². The lowest BCUT2D eigenvalue weighted by Crippen LogP contribution is -2.21. The van der Waals surface area contributed by atoms with Gasteiger partial charge in [0.15, 0.2) is 0 Å². The third kappa shape index (κ3) is 1.65. The summed E-state index contributed by atoms with van der Waals surface area (Å²) in [5.74, 6) is 1.48. The largest absolute Gasteiger partial charge is 0.0622 e. The van der Waals surface area contributed by atoms with Crippen LogP contribution in [0.2, 0.25) is 0 Å². The highest BCUT2D eigenvalue weighted by Gasteiger charge is 2.32. The average Bonchev–Trinajstić information content (AvgIpc) is 2.30. The molecule has 2 aromatic rings. The van der Waals surface area contributed by atoms with Crippen LogP contribution in [0, 0.1) is 0 Å². The molecule has 2 aromatic carbocycles. The summed E-state index contributed by atoms with van der Waals surface area (Å²) >= 11 is 0. The van der Waals surface area contributed by atoms with Crippen molar-refractivity contribution in [2.24, 2.45) is 0 Å². The van der Waals surface area contributed by atoms with Gasteiger partial charge in [0.25, 0.3) is 0 Å². The summed E-state index contributed by atoms with van der Waals surface area (Å²) in [6.45, 7) is 0. The van der Waals surface area contributed by atoms with Crippen molar-refractivity contribution >= 4 is 0 Å². The molecule has 0 N–H and O–H groups in total. The minimum absolute atomic E-state index is 0.739. The average molecular weight is 208 g/mol. The molecule has 0 unspecified atom stereocenters. The smallest absolute Gasteiger partial charge is 0.00929 e. The summed E-state index contributed by atoms with van der Waals surface area (Å²) in [6, 6.07) is 21.8. The lowest BCUT2D eigenvalue weighted by atomic mass is 9.67. The molecule has 1 saturated carbocycles. The first-order valence-electron chi connectivity index (χ1n) is 6.05. The topological polar surface area (TPSA) is 0 Å². The van der Waals surface area contributed by atoms with Crippen molar-refractivity contribution in [2.75, 3.05) is 0 Å². The standard InChI is InChI=1S/C16H16/c1-3-7-13(8-4-1)15-11-12-16(15)14-9-5-2-6-10-14/h1-10,15-16H,11-12H2/t15-,16-/m0/s1. The fourth-order valence-electron chi connectivity index (χ4n) is 2.70. The molecule has 80 valence electrons. The summed E-state index contributed by atoms with van der Waals surface area (Å²) in [5.41, 5.74) is 3.00. The SMILES string of the molecule is c1ccc([C@@H]2CC[C@H]2c2ccccc2)cc1. The van der Waals surface area contributed by atoms with E-state index in [1.807, 2.05) is 0 Å². The van der Waals surface area contributed by atoms with Crippen molar-refractivity contribution in [3.8, 4) is 0 Å². The van der Waals surface area contributed by atoms with E-state index in [1.165, 1.54) is 24.0 Å². The Kier molecular flexibility index (Phi) is 2.49. The van der Waals surface area contributed by atoms with Gasteiger partial charge in [0.1, 0.15) is 0 Å². The second kappa shape index (κ2) is 4.13. The van der Waals surface area contributed by atoms with E-state index in [0.717, 1.165) is 11.8 Å². The Labute approximate surface area is 96.9 Å². The van der Waals surface area contributed by atoms with Crippen LogP contribution in [-0.4, -0.2) is 0 Å². The van der Waals surface area contributed by atoms with E-state index in [-0.39, 0.29) is 0 Å². The number of rotatable bonds is 2. The normalized spacial score (nSPS) is 23.8. The van der Waals surface area contributed by atoms with Crippen LogP contribution in [0.1, 0.15) is 35.8 Å². The van der Waals surface area contributed by atoms with Crippen LogP contribution in [0.3, 0.4) is 0 Å². The molecule has 1 aliphatic rings. The van der Waals surface area contributed by atoms with Crippen LogP contribution in [-0.2, 0) is 0 Å². The predicted octanol–water partition coefficient (Wildman–Crippen LogP) is 4.35. The fraction of sp³-hybridized carbons (Fsp3) is 0.250. The summed E-state index contributed by atoms with van der Waals surface area (Å²) in [6.07, 6.45) is 2.67. The predicted molar refractivity (Wildman–Crippen MR) is 67.6 cm³/mol. The lowest BCUT2D eigenvalue weighted by Gasteiger charge is -2.37. The minimum Gasteiger partial charge on any atom is -0.0622 e. The molecule has 0 heteroatoms. The van der Waals surface area contributed by atoms with E-state index < -0.39 is 0 Å². The molecular formula is C16H16. The van der Waals surface area contributed by atoms with Crippen LogP contribution >= 0.6 is 0 Å². The van der Waals surface area contributed by atoms with E-state index in [9.17, 15) is 0 Å². The zero-order chi connectivity index (χ0) is 10.8. The van der Waals surface area contributed by atoms with Crippen molar-refractivity contribution in [3.05, 3.63) is 71.8 Å². The lowest BCUT2D eigenvalue weighted by molar-refractivity contribution is 0.346. The van der Waals surface area contributed by atoms with Crippen LogP contribution in [0.25, 0.3) is 0 Å². The Balaban J connectivity index is 1.85. The highest BCUT2D eigenvalue weighted by molar-refractivity contribution is 5.31. The van der Waals surface area contributed by atoms with Gasteiger partial charge in [-0.2, -0.15) is 0 Å². The summed E-state index contributed by atoms with van der Waals surface area (Å²) in [7, 11) is 0. The van der Waals surface area contributed by atoms with Crippen LogP contribution in [0.4, 0.5) is 0 Å². The summed E-state index contributed by atoms with van der Waals surface area (Å²) in [4.78, 5) is 0. The Morgan fingerprint density at radius 1 is 0.562 bits per heavy atom. The maximum Gasteiger partial charge on any atom is -0.00929 e. The quantitative estimate of drug-likeness (QED) is 0.688. The highest BCUT2D eigenvalue weighted by atomic mass is 14.4. The van der Waals surface area contributed by atoms with Gasteiger partial charge in [-0.3, -0.25) is 0 Å². The molecule has 0 aromatic heterocycles. The Bertz CT molecular complexity index is 398. The molecule has 0 radical (unpaired) electrons. The molecule has 0 amide bonds. The van der Waals surface area contributed by atoms with Gasteiger partial charge in [0.05, 0.1) is 0 Å². The molecule has 0 heterocycles. The molecule has 0 nitrogen and oxygen atoms in total. The van der Waals surface area contributed by atoms with Crippen molar-refractivity contribution in [1.82, 2.24) is 0 Å². The molecule has 3 rings (SSSR count). The first kappa shape index (κ1) is 9.65. The zero-order valence-electron chi connectivity index (χ0n) is 9.34. The van der Waals surface area contributed by atoms with Crippen LogP contribution < -0.4 is 0 Å². The van der Waals surface area contributed by atoms with Gasteiger partial charge in [-0.05, 0) is 35.8 Å². The monoisotopic (exact) mass is 208 g/mol. The molecule has 0 aliphatic heterocycles. The Morgan fingerprint density at radius 2 is 0.938 bits per heavy atom. The molecule has 0 saturated heterocycles. The molecule has 1 fully saturated rings.